The second-order valence-electron chi connectivity index (χ2n) is 8.00. The van der Waals surface area contributed by atoms with E-state index in [1.165, 1.54) is 0 Å². The maximum atomic E-state index is 9.37. The van der Waals surface area contributed by atoms with Crippen molar-refractivity contribution in [2.24, 2.45) is 0 Å². The molecule has 0 amide bonds. The van der Waals surface area contributed by atoms with Gasteiger partial charge in [0, 0.05) is 30.0 Å². The van der Waals surface area contributed by atoms with E-state index < -0.39 is 0 Å². The van der Waals surface area contributed by atoms with Crippen molar-refractivity contribution in [3.63, 3.8) is 0 Å². The fourth-order valence-electron chi connectivity index (χ4n) is 4.17. The fourth-order valence-corrected chi connectivity index (χ4v) is 4.42. The zero-order valence-corrected chi connectivity index (χ0v) is 18.4. The number of aryl methyl sites for hydroxylation is 1. The molecule has 0 radical (unpaired) electrons. The molecule has 1 aliphatic heterocycles. The zero-order chi connectivity index (χ0) is 22.1. The minimum absolute atomic E-state index is 0.342. The lowest BCUT2D eigenvalue weighted by Gasteiger charge is -2.24. The SMILES string of the molecule is Cc1cc(-c2c(-c3cccc(C#N)c3)nn3ccc(N[C@@H]4CCCNC4)nc23)cc(Cl)n1. The van der Waals surface area contributed by atoms with Crippen molar-refractivity contribution in [1.82, 2.24) is 24.9 Å². The van der Waals surface area contributed by atoms with Gasteiger partial charge in [0.2, 0.25) is 0 Å². The number of pyridine rings is 1. The van der Waals surface area contributed by atoms with Gasteiger partial charge in [-0.1, -0.05) is 23.7 Å². The van der Waals surface area contributed by atoms with Gasteiger partial charge in [0.15, 0.2) is 5.65 Å². The summed E-state index contributed by atoms with van der Waals surface area (Å²) >= 11 is 6.30. The molecule has 0 spiro atoms. The van der Waals surface area contributed by atoms with Crippen LogP contribution in [0.1, 0.15) is 24.1 Å². The number of aromatic nitrogens is 4. The number of rotatable bonds is 4. The third-order valence-electron chi connectivity index (χ3n) is 5.61. The summed E-state index contributed by atoms with van der Waals surface area (Å²) in [5.74, 6) is 0.807. The quantitative estimate of drug-likeness (QED) is 0.452. The molecule has 8 heteroatoms. The summed E-state index contributed by atoms with van der Waals surface area (Å²) in [6.45, 7) is 3.89. The van der Waals surface area contributed by atoms with Crippen molar-refractivity contribution >= 4 is 23.1 Å². The van der Waals surface area contributed by atoms with E-state index in [9.17, 15) is 5.26 Å². The molecule has 4 aromatic rings. The van der Waals surface area contributed by atoms with Gasteiger partial charge >= 0.3 is 0 Å². The maximum Gasteiger partial charge on any atom is 0.165 e. The van der Waals surface area contributed by atoms with Crippen LogP contribution in [-0.4, -0.2) is 38.7 Å². The van der Waals surface area contributed by atoms with Crippen molar-refractivity contribution in [2.45, 2.75) is 25.8 Å². The second kappa shape index (κ2) is 8.58. The molecule has 0 unspecified atom stereocenters. The van der Waals surface area contributed by atoms with E-state index in [2.05, 4.69) is 21.7 Å². The van der Waals surface area contributed by atoms with Crippen molar-refractivity contribution in [1.29, 1.82) is 5.26 Å². The van der Waals surface area contributed by atoms with Crippen LogP contribution in [0.3, 0.4) is 0 Å². The lowest BCUT2D eigenvalue weighted by atomic mass is 10.00. The minimum Gasteiger partial charge on any atom is -0.366 e. The number of nitrogens with one attached hydrogen (secondary N) is 2. The highest BCUT2D eigenvalue weighted by Gasteiger charge is 2.20. The van der Waals surface area contributed by atoms with E-state index >= 15 is 0 Å². The third-order valence-corrected chi connectivity index (χ3v) is 5.80. The van der Waals surface area contributed by atoms with Crippen molar-refractivity contribution in [3.05, 3.63) is 65.1 Å². The van der Waals surface area contributed by atoms with Crippen LogP contribution in [-0.2, 0) is 0 Å². The van der Waals surface area contributed by atoms with E-state index in [4.69, 9.17) is 21.7 Å². The molecule has 0 saturated carbocycles. The number of nitrogens with zero attached hydrogens (tertiary/aromatic N) is 5. The normalized spacial score (nSPS) is 16.1. The number of hydrogen-bond donors (Lipinski definition) is 2. The molecule has 7 nitrogen and oxygen atoms in total. The molecular formula is C24H22ClN7. The van der Waals surface area contributed by atoms with Gasteiger partial charge in [-0.25, -0.2) is 14.5 Å². The number of halogens is 1. The molecule has 160 valence electrons. The van der Waals surface area contributed by atoms with Gasteiger partial charge in [-0.2, -0.15) is 10.4 Å². The summed E-state index contributed by atoms with van der Waals surface area (Å²) in [6, 6.07) is 15.7. The van der Waals surface area contributed by atoms with E-state index in [0.29, 0.717) is 16.8 Å². The van der Waals surface area contributed by atoms with Crippen LogP contribution in [0, 0.1) is 18.3 Å². The largest absolute Gasteiger partial charge is 0.366 e. The van der Waals surface area contributed by atoms with Crippen LogP contribution in [0.15, 0.2) is 48.7 Å². The summed E-state index contributed by atoms with van der Waals surface area (Å²) < 4.78 is 1.78. The monoisotopic (exact) mass is 443 g/mol. The molecule has 0 bridgehead atoms. The number of piperidine rings is 1. The molecule has 0 aliphatic carbocycles. The first-order chi connectivity index (χ1) is 15.6. The van der Waals surface area contributed by atoms with Crippen molar-refractivity contribution in [2.75, 3.05) is 18.4 Å². The Kier molecular flexibility index (Phi) is 5.48. The molecule has 1 aromatic carbocycles. The molecule has 1 fully saturated rings. The lowest BCUT2D eigenvalue weighted by Crippen LogP contribution is -2.38. The highest BCUT2D eigenvalue weighted by Crippen LogP contribution is 2.36. The van der Waals surface area contributed by atoms with Crippen LogP contribution in [0.25, 0.3) is 28.0 Å². The van der Waals surface area contributed by atoms with Gasteiger partial charge in [0.05, 0.1) is 17.2 Å². The summed E-state index contributed by atoms with van der Waals surface area (Å²) in [5, 5.41) is 21.6. The molecular weight excluding hydrogens is 422 g/mol. The molecule has 4 heterocycles. The summed E-state index contributed by atoms with van der Waals surface area (Å²) in [7, 11) is 0. The standard InChI is InChI=1S/C24H22ClN7/c1-15-10-18(12-20(25)28-15)22-23(17-5-2-4-16(11-17)13-26)31-32-9-7-21(30-24(22)32)29-19-6-3-8-27-14-19/h2,4-5,7,9-12,19,27H,3,6,8,14H2,1H3,(H,29,30)/t19-/m1/s1. The molecule has 32 heavy (non-hydrogen) atoms. The zero-order valence-electron chi connectivity index (χ0n) is 17.6. The number of hydrogen-bond acceptors (Lipinski definition) is 6. The highest BCUT2D eigenvalue weighted by molar-refractivity contribution is 6.29. The van der Waals surface area contributed by atoms with Gasteiger partial charge in [-0.3, -0.25) is 0 Å². The van der Waals surface area contributed by atoms with Gasteiger partial charge in [0.1, 0.15) is 16.7 Å². The van der Waals surface area contributed by atoms with Gasteiger partial charge < -0.3 is 10.6 Å². The first-order valence-corrected chi connectivity index (χ1v) is 11.0. The van der Waals surface area contributed by atoms with Crippen molar-refractivity contribution in [3.8, 4) is 28.5 Å². The number of fused-ring (bicyclic) bond motifs is 1. The van der Waals surface area contributed by atoms with Crippen LogP contribution in [0.2, 0.25) is 5.15 Å². The van der Waals surface area contributed by atoms with Gasteiger partial charge in [-0.15, -0.1) is 0 Å². The van der Waals surface area contributed by atoms with Crippen molar-refractivity contribution < 1.29 is 0 Å². The average Bonchev–Trinajstić information content (AvgIpc) is 3.18. The van der Waals surface area contributed by atoms with E-state index in [1.807, 2.05) is 49.5 Å². The Morgan fingerprint density at radius 1 is 1.19 bits per heavy atom. The number of benzene rings is 1. The molecule has 5 rings (SSSR count). The fraction of sp³-hybridized carbons (Fsp3) is 0.250. The molecule has 1 saturated heterocycles. The summed E-state index contributed by atoms with van der Waals surface area (Å²) in [5.41, 5.74) is 5.45. The minimum atomic E-state index is 0.342. The van der Waals surface area contributed by atoms with E-state index in [0.717, 1.165) is 65.5 Å². The smallest absolute Gasteiger partial charge is 0.165 e. The van der Waals surface area contributed by atoms with Crippen LogP contribution >= 0.6 is 11.6 Å². The highest BCUT2D eigenvalue weighted by atomic mass is 35.5. The summed E-state index contributed by atoms with van der Waals surface area (Å²) in [6.07, 6.45) is 4.17. The third kappa shape index (κ3) is 4.03. The van der Waals surface area contributed by atoms with Crippen LogP contribution in [0.4, 0.5) is 5.82 Å². The Bertz CT molecular complexity index is 1310. The van der Waals surface area contributed by atoms with E-state index in [1.54, 1.807) is 10.6 Å². The second-order valence-corrected chi connectivity index (χ2v) is 8.39. The predicted molar refractivity (Wildman–Crippen MR) is 126 cm³/mol. The topological polar surface area (TPSA) is 90.9 Å². The predicted octanol–water partition coefficient (Wildman–Crippen LogP) is 4.46. The first kappa shape index (κ1) is 20.4. The Balaban J connectivity index is 1.69. The van der Waals surface area contributed by atoms with Crippen LogP contribution < -0.4 is 10.6 Å². The maximum absolute atomic E-state index is 9.37. The van der Waals surface area contributed by atoms with Crippen LogP contribution in [0.5, 0.6) is 0 Å². The summed E-state index contributed by atoms with van der Waals surface area (Å²) in [4.78, 5) is 9.23. The molecule has 2 N–H and O–H groups in total. The molecule has 3 aromatic heterocycles. The Morgan fingerprint density at radius 3 is 2.88 bits per heavy atom. The number of anilines is 1. The van der Waals surface area contributed by atoms with Gasteiger partial charge in [-0.05, 0) is 62.2 Å². The van der Waals surface area contributed by atoms with Gasteiger partial charge in [0.25, 0.3) is 0 Å². The average molecular weight is 444 g/mol. The lowest BCUT2D eigenvalue weighted by molar-refractivity contribution is 0.479. The van der Waals surface area contributed by atoms with E-state index in [-0.39, 0.29) is 0 Å². The molecule has 1 aliphatic rings. The first-order valence-electron chi connectivity index (χ1n) is 10.6. The number of nitriles is 1. The molecule has 1 atom stereocenters. The Morgan fingerprint density at radius 2 is 2.09 bits per heavy atom. The Labute approximate surface area is 191 Å². The Hall–Kier alpha value is -3.47.